The minimum absolute atomic E-state index is 0.329. The molecule has 0 aliphatic heterocycles. The number of nitrogens with one attached hydrogen (secondary N) is 1. The third kappa shape index (κ3) is 3.29. The van der Waals surface area contributed by atoms with Crippen molar-refractivity contribution < 1.29 is 13.9 Å². The van der Waals surface area contributed by atoms with Crippen LogP contribution in [0.4, 0.5) is 10.1 Å². The highest BCUT2D eigenvalue weighted by Gasteiger charge is 2.23. The zero-order valence-corrected chi connectivity index (χ0v) is 11.3. The Labute approximate surface area is 114 Å². The number of halogens is 1. The molecule has 0 aliphatic carbocycles. The van der Waals surface area contributed by atoms with E-state index in [1.165, 1.54) is 30.6 Å². The summed E-state index contributed by atoms with van der Waals surface area (Å²) in [6, 6.07) is 5.07. The number of ether oxygens (including phenoxy) is 1. The Morgan fingerprint density at radius 3 is 2.63 bits per heavy atom. The van der Waals surface area contributed by atoms with Gasteiger partial charge in [-0.3, -0.25) is 0 Å². The van der Waals surface area contributed by atoms with Crippen LogP contribution >= 0.6 is 11.3 Å². The van der Waals surface area contributed by atoms with E-state index < -0.39 is 12.0 Å². The molecule has 0 saturated carbocycles. The van der Waals surface area contributed by atoms with Gasteiger partial charge in [0, 0.05) is 11.1 Å². The summed E-state index contributed by atoms with van der Waals surface area (Å²) in [6.07, 6.45) is 0. The molecule has 6 heteroatoms. The fraction of sp³-hybridized carbons (Fsp3) is 0.231. The molecule has 1 N–H and O–H groups in total. The molecule has 4 nitrogen and oxygen atoms in total. The first kappa shape index (κ1) is 13.5. The average molecular weight is 280 g/mol. The van der Waals surface area contributed by atoms with Crippen LogP contribution in [0.25, 0.3) is 0 Å². The van der Waals surface area contributed by atoms with Crippen LogP contribution < -0.4 is 5.32 Å². The fourth-order valence-electron chi connectivity index (χ4n) is 1.60. The lowest BCUT2D eigenvalue weighted by atomic mass is 10.2. The normalized spacial score (nSPS) is 11.9. The van der Waals surface area contributed by atoms with E-state index in [4.69, 9.17) is 4.74 Å². The molecule has 100 valence electrons. The molecule has 1 aromatic heterocycles. The van der Waals surface area contributed by atoms with Crippen molar-refractivity contribution in [1.82, 2.24) is 4.98 Å². The number of hydrogen-bond acceptors (Lipinski definition) is 5. The number of thiazole rings is 1. The van der Waals surface area contributed by atoms with Crippen LogP contribution in [0.2, 0.25) is 0 Å². The van der Waals surface area contributed by atoms with Crippen LogP contribution in [0.1, 0.15) is 16.7 Å². The van der Waals surface area contributed by atoms with Gasteiger partial charge in [0.1, 0.15) is 5.82 Å². The molecule has 0 aliphatic rings. The highest BCUT2D eigenvalue weighted by Crippen LogP contribution is 2.22. The van der Waals surface area contributed by atoms with Gasteiger partial charge in [0.15, 0.2) is 6.04 Å². The second kappa shape index (κ2) is 5.79. The molecule has 2 aromatic rings. The molecule has 2 rings (SSSR count). The monoisotopic (exact) mass is 280 g/mol. The SMILES string of the molecule is COC(=O)C(Nc1ccc(F)cc1)c1csc(C)n1. The number of esters is 1. The predicted octanol–water partition coefficient (Wildman–Crippen LogP) is 2.92. The maximum atomic E-state index is 12.8. The zero-order valence-electron chi connectivity index (χ0n) is 10.5. The second-order valence-corrected chi connectivity index (χ2v) is 4.96. The summed E-state index contributed by atoms with van der Waals surface area (Å²) in [6.45, 7) is 1.86. The van der Waals surface area contributed by atoms with E-state index in [2.05, 4.69) is 10.3 Å². The number of nitrogens with zero attached hydrogens (tertiary/aromatic N) is 1. The minimum Gasteiger partial charge on any atom is -0.467 e. The quantitative estimate of drug-likeness (QED) is 0.875. The van der Waals surface area contributed by atoms with Gasteiger partial charge >= 0.3 is 5.97 Å². The molecule has 1 heterocycles. The number of carbonyl (C=O) groups excluding carboxylic acids is 1. The Morgan fingerprint density at radius 1 is 1.42 bits per heavy atom. The van der Waals surface area contributed by atoms with Crippen LogP contribution in [0, 0.1) is 12.7 Å². The minimum atomic E-state index is -0.694. The second-order valence-electron chi connectivity index (χ2n) is 3.90. The Balaban J connectivity index is 2.23. The van der Waals surface area contributed by atoms with Crippen molar-refractivity contribution >= 4 is 23.0 Å². The van der Waals surface area contributed by atoms with Crippen LogP contribution in [-0.2, 0) is 9.53 Å². The number of hydrogen-bond donors (Lipinski definition) is 1. The van der Waals surface area contributed by atoms with Crippen molar-refractivity contribution in [3.63, 3.8) is 0 Å². The Kier molecular flexibility index (Phi) is 4.11. The molecular weight excluding hydrogens is 267 g/mol. The van der Waals surface area contributed by atoms with Crippen LogP contribution in [0.3, 0.4) is 0 Å². The average Bonchev–Trinajstić information content (AvgIpc) is 2.83. The summed E-state index contributed by atoms with van der Waals surface area (Å²) < 4.78 is 17.6. The Morgan fingerprint density at radius 2 is 2.11 bits per heavy atom. The number of benzene rings is 1. The van der Waals surface area contributed by atoms with Crippen molar-refractivity contribution in [1.29, 1.82) is 0 Å². The molecule has 0 spiro atoms. The van der Waals surface area contributed by atoms with Crippen molar-refractivity contribution in [2.24, 2.45) is 0 Å². The van der Waals surface area contributed by atoms with E-state index in [9.17, 15) is 9.18 Å². The lowest BCUT2D eigenvalue weighted by Crippen LogP contribution is -2.22. The summed E-state index contributed by atoms with van der Waals surface area (Å²) in [4.78, 5) is 16.1. The molecule has 1 aromatic carbocycles. The van der Waals surface area contributed by atoms with E-state index >= 15 is 0 Å². The van der Waals surface area contributed by atoms with E-state index in [1.54, 1.807) is 17.5 Å². The molecule has 0 amide bonds. The van der Waals surface area contributed by atoms with E-state index in [-0.39, 0.29) is 5.82 Å². The van der Waals surface area contributed by atoms with E-state index in [0.29, 0.717) is 11.4 Å². The molecule has 1 unspecified atom stereocenters. The molecular formula is C13H13FN2O2S. The van der Waals surface area contributed by atoms with Gasteiger partial charge in [0.05, 0.1) is 17.8 Å². The van der Waals surface area contributed by atoms with Crippen molar-refractivity contribution in [2.45, 2.75) is 13.0 Å². The molecule has 1 atom stereocenters. The highest BCUT2D eigenvalue weighted by molar-refractivity contribution is 7.09. The van der Waals surface area contributed by atoms with Gasteiger partial charge < -0.3 is 10.1 Å². The number of aromatic nitrogens is 1. The fourth-order valence-corrected chi connectivity index (χ4v) is 2.24. The first-order valence-electron chi connectivity index (χ1n) is 5.62. The summed E-state index contributed by atoms with van der Waals surface area (Å²) in [5.74, 6) is -0.765. The summed E-state index contributed by atoms with van der Waals surface area (Å²) in [5.41, 5.74) is 1.22. The molecule has 0 saturated heterocycles. The highest BCUT2D eigenvalue weighted by atomic mass is 32.1. The molecule has 0 bridgehead atoms. The van der Waals surface area contributed by atoms with Crippen LogP contribution in [0.5, 0.6) is 0 Å². The third-order valence-electron chi connectivity index (χ3n) is 2.52. The number of carbonyl (C=O) groups is 1. The Bertz CT molecular complexity index is 568. The number of anilines is 1. The maximum Gasteiger partial charge on any atom is 0.334 e. The molecule has 0 fully saturated rings. The van der Waals surface area contributed by atoms with Crippen molar-refractivity contribution in [3.8, 4) is 0 Å². The molecule has 19 heavy (non-hydrogen) atoms. The zero-order chi connectivity index (χ0) is 13.8. The van der Waals surface area contributed by atoms with E-state index in [0.717, 1.165) is 5.01 Å². The summed E-state index contributed by atoms with van der Waals surface area (Å²) in [7, 11) is 1.32. The topological polar surface area (TPSA) is 51.2 Å². The van der Waals surface area contributed by atoms with Gasteiger partial charge in [-0.2, -0.15) is 0 Å². The smallest absolute Gasteiger partial charge is 0.334 e. The number of methoxy groups -OCH3 is 1. The van der Waals surface area contributed by atoms with Gasteiger partial charge in [-0.1, -0.05) is 0 Å². The van der Waals surface area contributed by atoms with Crippen molar-refractivity contribution in [3.05, 3.63) is 46.2 Å². The standard InChI is InChI=1S/C13H13FN2O2S/c1-8-15-11(7-19-8)12(13(17)18-2)16-10-5-3-9(14)4-6-10/h3-7,12,16H,1-2H3. The summed E-state index contributed by atoms with van der Waals surface area (Å²) in [5, 5.41) is 5.65. The first-order chi connectivity index (χ1) is 9.10. The molecule has 0 radical (unpaired) electrons. The van der Waals surface area contributed by atoms with Gasteiger partial charge in [-0.25, -0.2) is 14.2 Å². The Hall–Kier alpha value is -1.95. The van der Waals surface area contributed by atoms with Gasteiger partial charge in [-0.05, 0) is 31.2 Å². The predicted molar refractivity (Wildman–Crippen MR) is 71.6 cm³/mol. The van der Waals surface area contributed by atoms with Crippen LogP contribution in [0.15, 0.2) is 29.6 Å². The van der Waals surface area contributed by atoms with Crippen molar-refractivity contribution in [2.75, 3.05) is 12.4 Å². The largest absolute Gasteiger partial charge is 0.467 e. The number of rotatable bonds is 4. The van der Waals surface area contributed by atoms with Gasteiger partial charge in [0.2, 0.25) is 0 Å². The van der Waals surface area contributed by atoms with Crippen LogP contribution in [-0.4, -0.2) is 18.1 Å². The lowest BCUT2D eigenvalue weighted by molar-refractivity contribution is -0.141. The van der Waals surface area contributed by atoms with Gasteiger partial charge in [-0.15, -0.1) is 11.3 Å². The number of aryl methyl sites for hydroxylation is 1. The maximum absolute atomic E-state index is 12.8. The lowest BCUT2D eigenvalue weighted by Gasteiger charge is -2.15. The first-order valence-corrected chi connectivity index (χ1v) is 6.50. The van der Waals surface area contributed by atoms with E-state index in [1.807, 2.05) is 6.92 Å². The van der Waals surface area contributed by atoms with Gasteiger partial charge in [0.25, 0.3) is 0 Å². The third-order valence-corrected chi connectivity index (χ3v) is 3.32. The summed E-state index contributed by atoms with van der Waals surface area (Å²) >= 11 is 1.45.